The standard InChI is InChI=1S/C16H25N3O2/c1-11(2)10-19-13(4)9-12(3)14(16(19)21)15(20)18-7-5-17-6-8-18/h9,11,17H,5-8,10H2,1-4H3. The van der Waals surface area contributed by atoms with E-state index >= 15 is 0 Å². The summed E-state index contributed by atoms with van der Waals surface area (Å²) in [6, 6.07) is 1.94. The number of pyridine rings is 1. The summed E-state index contributed by atoms with van der Waals surface area (Å²) in [6.07, 6.45) is 0. The zero-order chi connectivity index (χ0) is 15.6. The fraction of sp³-hybridized carbons (Fsp3) is 0.625. The summed E-state index contributed by atoms with van der Waals surface area (Å²) in [5, 5.41) is 3.22. The summed E-state index contributed by atoms with van der Waals surface area (Å²) in [5.74, 6) is 0.239. The summed E-state index contributed by atoms with van der Waals surface area (Å²) in [6.45, 7) is 11.5. The van der Waals surface area contributed by atoms with Crippen LogP contribution in [0.2, 0.25) is 0 Å². The Morgan fingerprint density at radius 1 is 1.29 bits per heavy atom. The quantitative estimate of drug-likeness (QED) is 0.909. The van der Waals surface area contributed by atoms with E-state index in [0.29, 0.717) is 31.1 Å². The number of nitrogens with one attached hydrogen (secondary N) is 1. The number of hydrogen-bond donors (Lipinski definition) is 1. The van der Waals surface area contributed by atoms with E-state index in [1.54, 1.807) is 9.47 Å². The van der Waals surface area contributed by atoms with E-state index in [1.807, 2.05) is 19.9 Å². The maximum absolute atomic E-state index is 12.7. The first-order valence-corrected chi connectivity index (χ1v) is 7.63. The van der Waals surface area contributed by atoms with Crippen LogP contribution in [0.3, 0.4) is 0 Å². The predicted octanol–water partition coefficient (Wildman–Crippen LogP) is 1.17. The molecule has 0 unspecified atom stereocenters. The van der Waals surface area contributed by atoms with Crippen LogP contribution in [-0.2, 0) is 6.54 Å². The maximum atomic E-state index is 12.7. The van der Waals surface area contributed by atoms with Crippen LogP contribution >= 0.6 is 0 Å². The van der Waals surface area contributed by atoms with Crippen molar-refractivity contribution in [2.45, 2.75) is 34.2 Å². The lowest BCUT2D eigenvalue weighted by molar-refractivity contribution is 0.0732. The Morgan fingerprint density at radius 2 is 1.90 bits per heavy atom. The van der Waals surface area contributed by atoms with Crippen molar-refractivity contribution < 1.29 is 4.79 Å². The molecule has 0 bridgehead atoms. The molecule has 2 heterocycles. The van der Waals surface area contributed by atoms with Gasteiger partial charge in [-0.15, -0.1) is 0 Å². The van der Waals surface area contributed by atoms with Crippen molar-refractivity contribution in [3.05, 3.63) is 33.2 Å². The molecule has 0 radical (unpaired) electrons. The molecule has 0 aromatic carbocycles. The second-order valence-electron chi connectivity index (χ2n) is 6.20. The van der Waals surface area contributed by atoms with E-state index in [0.717, 1.165) is 24.3 Å². The van der Waals surface area contributed by atoms with Crippen LogP contribution in [0.5, 0.6) is 0 Å². The van der Waals surface area contributed by atoms with E-state index in [4.69, 9.17) is 0 Å². The largest absolute Gasteiger partial charge is 0.336 e. The van der Waals surface area contributed by atoms with Gasteiger partial charge >= 0.3 is 0 Å². The molecule has 1 aromatic heterocycles. The fourth-order valence-corrected chi connectivity index (χ4v) is 2.81. The highest BCUT2D eigenvalue weighted by molar-refractivity contribution is 5.95. The first-order chi connectivity index (χ1) is 9.91. The molecule has 5 heteroatoms. The summed E-state index contributed by atoms with van der Waals surface area (Å²) in [5.41, 5.74) is 1.89. The molecule has 0 spiro atoms. The van der Waals surface area contributed by atoms with Gasteiger partial charge in [-0.05, 0) is 31.4 Å². The van der Waals surface area contributed by atoms with Gasteiger partial charge in [0.15, 0.2) is 0 Å². The first kappa shape index (κ1) is 15.8. The second-order valence-corrected chi connectivity index (χ2v) is 6.20. The second kappa shape index (κ2) is 6.43. The number of carbonyl (C=O) groups excluding carboxylic acids is 1. The summed E-state index contributed by atoms with van der Waals surface area (Å²) in [4.78, 5) is 27.2. The highest BCUT2D eigenvalue weighted by atomic mass is 16.2. The summed E-state index contributed by atoms with van der Waals surface area (Å²) < 4.78 is 1.73. The van der Waals surface area contributed by atoms with E-state index in [1.165, 1.54) is 0 Å². The molecule has 0 saturated carbocycles. The van der Waals surface area contributed by atoms with E-state index in [-0.39, 0.29) is 11.5 Å². The molecule has 1 aliphatic heterocycles. The number of nitrogens with zero attached hydrogens (tertiary/aromatic N) is 2. The highest BCUT2D eigenvalue weighted by Crippen LogP contribution is 2.11. The predicted molar refractivity (Wildman–Crippen MR) is 83.8 cm³/mol. The third kappa shape index (κ3) is 3.35. The van der Waals surface area contributed by atoms with Gasteiger partial charge in [0.05, 0.1) is 0 Å². The van der Waals surface area contributed by atoms with E-state index in [2.05, 4.69) is 19.2 Å². The summed E-state index contributed by atoms with van der Waals surface area (Å²) >= 11 is 0. The van der Waals surface area contributed by atoms with Crippen molar-refractivity contribution in [1.29, 1.82) is 0 Å². The first-order valence-electron chi connectivity index (χ1n) is 7.63. The Morgan fingerprint density at radius 3 is 2.48 bits per heavy atom. The van der Waals surface area contributed by atoms with Gasteiger partial charge in [-0.1, -0.05) is 13.8 Å². The van der Waals surface area contributed by atoms with Crippen molar-refractivity contribution >= 4 is 5.91 Å². The molecule has 0 aliphatic carbocycles. The highest BCUT2D eigenvalue weighted by Gasteiger charge is 2.24. The van der Waals surface area contributed by atoms with Crippen molar-refractivity contribution in [2.75, 3.05) is 26.2 Å². The van der Waals surface area contributed by atoms with Crippen LogP contribution in [0.15, 0.2) is 10.9 Å². The SMILES string of the molecule is Cc1cc(C)n(CC(C)C)c(=O)c1C(=O)N1CCNCC1. The van der Waals surface area contributed by atoms with Crippen molar-refractivity contribution in [2.24, 2.45) is 5.92 Å². The number of aryl methyl sites for hydroxylation is 2. The monoisotopic (exact) mass is 291 g/mol. The van der Waals surface area contributed by atoms with Gasteiger partial charge in [0.1, 0.15) is 5.56 Å². The Balaban J connectivity index is 2.42. The number of rotatable bonds is 3. The minimum absolute atomic E-state index is 0.128. The molecule has 1 aliphatic rings. The Labute approximate surface area is 126 Å². The molecule has 0 atom stereocenters. The lowest BCUT2D eigenvalue weighted by Crippen LogP contribution is -2.48. The van der Waals surface area contributed by atoms with Crippen LogP contribution in [0.4, 0.5) is 0 Å². The lowest BCUT2D eigenvalue weighted by Gasteiger charge is -2.28. The molecule has 5 nitrogen and oxygen atoms in total. The number of hydrogen-bond acceptors (Lipinski definition) is 3. The lowest BCUT2D eigenvalue weighted by atomic mass is 10.1. The average Bonchev–Trinajstić information content (AvgIpc) is 2.44. The summed E-state index contributed by atoms with van der Waals surface area (Å²) in [7, 11) is 0. The molecule has 1 aromatic rings. The van der Waals surface area contributed by atoms with Crippen LogP contribution in [0.25, 0.3) is 0 Å². The fourth-order valence-electron chi connectivity index (χ4n) is 2.81. The van der Waals surface area contributed by atoms with Crippen molar-refractivity contribution in [3.8, 4) is 0 Å². The molecule has 2 rings (SSSR count). The third-order valence-corrected chi connectivity index (χ3v) is 3.87. The van der Waals surface area contributed by atoms with E-state index in [9.17, 15) is 9.59 Å². The molecular weight excluding hydrogens is 266 g/mol. The van der Waals surface area contributed by atoms with E-state index < -0.39 is 0 Å². The minimum Gasteiger partial charge on any atom is -0.336 e. The molecule has 1 amide bonds. The number of piperazine rings is 1. The van der Waals surface area contributed by atoms with Gasteiger partial charge in [0.25, 0.3) is 11.5 Å². The zero-order valence-electron chi connectivity index (χ0n) is 13.4. The van der Waals surface area contributed by atoms with Gasteiger partial charge in [-0.2, -0.15) is 0 Å². The van der Waals surface area contributed by atoms with Gasteiger partial charge in [-0.3, -0.25) is 9.59 Å². The van der Waals surface area contributed by atoms with Crippen LogP contribution in [0, 0.1) is 19.8 Å². The topological polar surface area (TPSA) is 54.3 Å². The van der Waals surface area contributed by atoms with Crippen LogP contribution in [-0.4, -0.2) is 41.6 Å². The Hall–Kier alpha value is -1.62. The van der Waals surface area contributed by atoms with Gasteiger partial charge in [0.2, 0.25) is 0 Å². The molecule has 21 heavy (non-hydrogen) atoms. The minimum atomic E-state index is -0.148. The van der Waals surface area contributed by atoms with Crippen LogP contribution < -0.4 is 10.9 Å². The Bertz CT molecular complexity index is 584. The molecule has 1 N–H and O–H groups in total. The van der Waals surface area contributed by atoms with Crippen molar-refractivity contribution in [3.63, 3.8) is 0 Å². The molecule has 1 saturated heterocycles. The normalized spacial score (nSPS) is 15.6. The van der Waals surface area contributed by atoms with Gasteiger partial charge in [0, 0.05) is 38.4 Å². The smallest absolute Gasteiger partial charge is 0.263 e. The van der Waals surface area contributed by atoms with Crippen LogP contribution in [0.1, 0.15) is 35.5 Å². The molecule has 116 valence electrons. The Kier molecular flexibility index (Phi) is 4.83. The van der Waals surface area contributed by atoms with Gasteiger partial charge < -0.3 is 14.8 Å². The molecular formula is C16H25N3O2. The number of amides is 1. The average molecular weight is 291 g/mol. The number of carbonyl (C=O) groups is 1. The third-order valence-electron chi connectivity index (χ3n) is 3.87. The van der Waals surface area contributed by atoms with Crippen molar-refractivity contribution in [1.82, 2.24) is 14.8 Å². The molecule has 1 fully saturated rings. The van der Waals surface area contributed by atoms with Gasteiger partial charge in [-0.25, -0.2) is 0 Å². The zero-order valence-corrected chi connectivity index (χ0v) is 13.4. The maximum Gasteiger partial charge on any atom is 0.263 e. The number of aromatic nitrogens is 1.